The van der Waals surface area contributed by atoms with Gasteiger partial charge >= 0.3 is 0 Å². The molecule has 268 valence electrons. The zero-order valence-electron chi connectivity index (χ0n) is 32.0. The Morgan fingerprint density at radius 1 is 0.321 bits per heavy atom. The largest absolute Gasteiger partial charge is 0.456 e. The van der Waals surface area contributed by atoms with Crippen LogP contribution in [-0.4, -0.2) is 0 Å². The molecule has 2 aliphatic rings. The number of fused-ring (bicyclic) bond motifs is 7. The van der Waals surface area contributed by atoms with Gasteiger partial charge in [0, 0.05) is 44.2 Å². The first-order valence-corrected chi connectivity index (χ1v) is 19.6. The van der Waals surface area contributed by atoms with Crippen molar-refractivity contribution < 1.29 is 9.47 Å². The van der Waals surface area contributed by atoms with Crippen LogP contribution in [0.1, 0.15) is 49.9 Å². The highest BCUT2D eigenvalue weighted by molar-refractivity contribution is 6.21. The molecule has 2 nitrogen and oxygen atoms in total. The number of ether oxygens (including phenoxy) is 2. The molecular weight excluding hydrogens is 681 g/mol. The topological polar surface area (TPSA) is 18.5 Å². The lowest BCUT2D eigenvalue weighted by molar-refractivity contribution is 0.419. The van der Waals surface area contributed by atoms with Crippen molar-refractivity contribution in [2.45, 2.75) is 38.5 Å². The quantitative estimate of drug-likeness (QED) is 0.169. The van der Waals surface area contributed by atoms with Crippen LogP contribution < -0.4 is 9.47 Å². The summed E-state index contributed by atoms with van der Waals surface area (Å²) in [6, 6.07) is 61.6. The minimum absolute atomic E-state index is 0.225. The van der Waals surface area contributed by atoms with Crippen LogP contribution >= 0.6 is 0 Å². The molecular formula is C54H40O2. The molecule has 0 spiro atoms. The summed E-state index contributed by atoms with van der Waals surface area (Å²) in [4.78, 5) is 0. The van der Waals surface area contributed by atoms with Gasteiger partial charge in [0.05, 0.1) is 0 Å². The van der Waals surface area contributed by atoms with Gasteiger partial charge in [-0.2, -0.15) is 0 Å². The van der Waals surface area contributed by atoms with E-state index in [1.807, 2.05) is 0 Å². The summed E-state index contributed by atoms with van der Waals surface area (Å²) in [6.45, 7) is 9.23. The lowest BCUT2D eigenvalue weighted by Crippen LogP contribution is -2.24. The highest BCUT2D eigenvalue weighted by Crippen LogP contribution is 2.55. The molecule has 0 fully saturated rings. The van der Waals surface area contributed by atoms with Crippen LogP contribution in [0.25, 0.3) is 65.7 Å². The maximum absolute atomic E-state index is 6.89. The Hall–Kier alpha value is -6.64. The third kappa shape index (κ3) is 4.62. The van der Waals surface area contributed by atoms with Crippen molar-refractivity contribution in [1.82, 2.24) is 0 Å². The summed E-state index contributed by atoms with van der Waals surface area (Å²) in [5.41, 5.74) is 11.3. The molecule has 0 atom stereocenters. The SMILES string of the molecule is CC1(C)c2ccccc2Oc2c(-c3cccc4c(-c5cccc6ccccc56)c5cccc(-c6cccc7c6Oc6ccccc6C7(C)C)c5cc34)cccc21. The summed E-state index contributed by atoms with van der Waals surface area (Å²) >= 11 is 0. The molecule has 11 rings (SSSR count). The van der Waals surface area contributed by atoms with Crippen LogP contribution in [0.5, 0.6) is 23.0 Å². The van der Waals surface area contributed by atoms with Crippen LogP contribution in [0, 0.1) is 0 Å². The first-order valence-electron chi connectivity index (χ1n) is 19.6. The van der Waals surface area contributed by atoms with Crippen molar-refractivity contribution in [3.63, 3.8) is 0 Å². The Bertz CT molecular complexity index is 2920. The molecule has 56 heavy (non-hydrogen) atoms. The molecule has 0 aliphatic carbocycles. The number of hydrogen-bond acceptors (Lipinski definition) is 2. The van der Waals surface area contributed by atoms with Gasteiger partial charge in [0.1, 0.15) is 23.0 Å². The maximum atomic E-state index is 6.89. The zero-order chi connectivity index (χ0) is 37.8. The third-order valence-electron chi connectivity index (χ3n) is 12.6. The molecule has 2 heterocycles. The number of benzene rings is 9. The monoisotopic (exact) mass is 720 g/mol. The van der Waals surface area contributed by atoms with Gasteiger partial charge in [-0.3, -0.25) is 0 Å². The molecule has 0 radical (unpaired) electrons. The molecule has 0 bridgehead atoms. The molecule has 0 N–H and O–H groups in total. The van der Waals surface area contributed by atoms with Gasteiger partial charge in [-0.1, -0.05) is 179 Å². The average Bonchev–Trinajstić information content (AvgIpc) is 3.22. The third-order valence-corrected chi connectivity index (χ3v) is 12.6. The molecule has 2 heteroatoms. The van der Waals surface area contributed by atoms with Gasteiger partial charge < -0.3 is 9.47 Å². The minimum atomic E-state index is -0.225. The van der Waals surface area contributed by atoms with E-state index in [-0.39, 0.29) is 10.8 Å². The minimum Gasteiger partial charge on any atom is -0.456 e. The van der Waals surface area contributed by atoms with E-state index in [9.17, 15) is 0 Å². The van der Waals surface area contributed by atoms with Crippen molar-refractivity contribution in [2.24, 2.45) is 0 Å². The average molecular weight is 721 g/mol. The van der Waals surface area contributed by atoms with E-state index >= 15 is 0 Å². The zero-order valence-corrected chi connectivity index (χ0v) is 32.0. The van der Waals surface area contributed by atoms with Gasteiger partial charge in [0.15, 0.2) is 0 Å². The van der Waals surface area contributed by atoms with Crippen LogP contribution in [0.2, 0.25) is 0 Å². The molecule has 2 aliphatic heterocycles. The summed E-state index contributed by atoms with van der Waals surface area (Å²) in [5.74, 6) is 3.69. The number of para-hydroxylation sites is 4. The predicted molar refractivity (Wildman–Crippen MR) is 233 cm³/mol. The van der Waals surface area contributed by atoms with E-state index in [0.717, 1.165) is 45.3 Å². The van der Waals surface area contributed by atoms with Gasteiger partial charge in [0.25, 0.3) is 0 Å². The fourth-order valence-electron chi connectivity index (χ4n) is 9.73. The van der Waals surface area contributed by atoms with E-state index in [0.29, 0.717) is 0 Å². The number of rotatable bonds is 3. The predicted octanol–water partition coefficient (Wildman–Crippen LogP) is 15.0. The molecule has 9 aromatic carbocycles. The second kappa shape index (κ2) is 11.9. The highest BCUT2D eigenvalue weighted by atomic mass is 16.5. The Kier molecular flexibility index (Phi) is 6.98. The fourth-order valence-corrected chi connectivity index (χ4v) is 9.73. The van der Waals surface area contributed by atoms with E-state index in [1.165, 1.54) is 65.7 Å². The molecule has 0 aromatic heterocycles. The van der Waals surface area contributed by atoms with Gasteiger partial charge in [0.2, 0.25) is 0 Å². The van der Waals surface area contributed by atoms with E-state index in [4.69, 9.17) is 9.47 Å². The smallest absolute Gasteiger partial charge is 0.139 e. The van der Waals surface area contributed by atoms with Crippen LogP contribution in [-0.2, 0) is 10.8 Å². The van der Waals surface area contributed by atoms with E-state index in [2.05, 4.69) is 198 Å². The maximum Gasteiger partial charge on any atom is 0.139 e. The second-order valence-electron chi connectivity index (χ2n) is 16.4. The van der Waals surface area contributed by atoms with Gasteiger partial charge in [-0.15, -0.1) is 0 Å². The summed E-state index contributed by atoms with van der Waals surface area (Å²) in [5, 5.41) is 7.23. The Morgan fingerprint density at radius 3 is 1.29 bits per heavy atom. The van der Waals surface area contributed by atoms with Gasteiger partial charge in [-0.25, -0.2) is 0 Å². The molecule has 0 unspecified atom stereocenters. The van der Waals surface area contributed by atoms with Crippen molar-refractivity contribution in [1.29, 1.82) is 0 Å². The van der Waals surface area contributed by atoms with E-state index in [1.54, 1.807) is 0 Å². The first kappa shape index (κ1) is 32.8. The second-order valence-corrected chi connectivity index (χ2v) is 16.4. The van der Waals surface area contributed by atoms with Gasteiger partial charge in [-0.05, 0) is 72.8 Å². The van der Waals surface area contributed by atoms with Crippen molar-refractivity contribution in [3.8, 4) is 56.4 Å². The Morgan fingerprint density at radius 2 is 0.714 bits per heavy atom. The van der Waals surface area contributed by atoms with Crippen molar-refractivity contribution >= 4 is 32.3 Å². The molecule has 9 aromatic rings. The summed E-state index contributed by atoms with van der Waals surface area (Å²) in [7, 11) is 0. The molecule has 0 amide bonds. The highest BCUT2D eigenvalue weighted by Gasteiger charge is 2.37. The van der Waals surface area contributed by atoms with E-state index < -0.39 is 0 Å². The lowest BCUT2D eigenvalue weighted by atomic mass is 9.74. The van der Waals surface area contributed by atoms with Crippen LogP contribution in [0.15, 0.2) is 170 Å². The number of hydrogen-bond donors (Lipinski definition) is 0. The Labute approximate surface area is 327 Å². The first-order chi connectivity index (χ1) is 27.3. The lowest BCUT2D eigenvalue weighted by Gasteiger charge is -2.35. The van der Waals surface area contributed by atoms with Crippen LogP contribution in [0.4, 0.5) is 0 Å². The molecule has 0 saturated heterocycles. The standard InChI is InChI=1S/C54H40O2/c1-53(2)44-26-7-9-30-48(44)55-51-40(24-14-28-46(51)53)35-19-12-22-38-42(35)32-43-36(20-13-23-39(43)50(38)37-21-11-17-33-16-5-6-18-34(33)37)41-25-15-29-47-52(41)56-49-31-10-8-27-45(49)54(47,3)4/h5-32H,1-4H3. The normalized spacial score (nSPS) is 14.6. The summed E-state index contributed by atoms with van der Waals surface area (Å²) < 4.78 is 13.8. The summed E-state index contributed by atoms with van der Waals surface area (Å²) in [6.07, 6.45) is 0. The van der Waals surface area contributed by atoms with Crippen LogP contribution in [0.3, 0.4) is 0 Å². The molecule has 0 saturated carbocycles. The van der Waals surface area contributed by atoms with Crippen molar-refractivity contribution in [3.05, 3.63) is 192 Å². The fraction of sp³-hybridized carbons (Fsp3) is 0.111. The Balaban J connectivity index is 1.24. The van der Waals surface area contributed by atoms with Crippen molar-refractivity contribution in [2.75, 3.05) is 0 Å².